The van der Waals surface area contributed by atoms with Crippen molar-refractivity contribution in [1.29, 1.82) is 0 Å². The summed E-state index contributed by atoms with van der Waals surface area (Å²) in [7, 11) is 1.74. The first-order chi connectivity index (χ1) is 8.22. The highest BCUT2D eigenvalue weighted by Crippen LogP contribution is 2.28. The third-order valence-electron chi connectivity index (χ3n) is 3.72. The van der Waals surface area contributed by atoms with Gasteiger partial charge in [-0.25, -0.2) is 9.48 Å². The van der Waals surface area contributed by atoms with Gasteiger partial charge in [-0.3, -0.25) is 4.57 Å². The highest BCUT2D eigenvalue weighted by Gasteiger charge is 2.26. The predicted octanol–water partition coefficient (Wildman–Crippen LogP) is 0.750. The van der Waals surface area contributed by atoms with E-state index in [1.54, 1.807) is 18.1 Å². The lowest BCUT2D eigenvalue weighted by molar-refractivity contribution is 0.356. The van der Waals surface area contributed by atoms with E-state index in [0.717, 1.165) is 19.5 Å². The number of aromatic nitrogens is 3. The first-order valence-electron chi connectivity index (χ1n) is 6.54. The lowest BCUT2D eigenvalue weighted by atomic mass is 9.99. The molecule has 17 heavy (non-hydrogen) atoms. The average Bonchev–Trinajstić information content (AvgIpc) is 2.87. The van der Waals surface area contributed by atoms with E-state index in [4.69, 9.17) is 0 Å². The Labute approximate surface area is 102 Å². The van der Waals surface area contributed by atoms with Crippen molar-refractivity contribution in [1.82, 2.24) is 19.7 Å². The molecular formula is C12H22N4O. The topological polar surface area (TPSA) is 51.9 Å². The fourth-order valence-corrected chi connectivity index (χ4v) is 2.78. The van der Waals surface area contributed by atoms with E-state index in [9.17, 15) is 4.79 Å². The van der Waals surface area contributed by atoms with Gasteiger partial charge in [0.05, 0.1) is 0 Å². The number of hydrogen-bond donors (Lipinski definition) is 1. The van der Waals surface area contributed by atoms with Crippen molar-refractivity contribution in [3.05, 3.63) is 16.8 Å². The van der Waals surface area contributed by atoms with Crippen molar-refractivity contribution in [2.45, 2.75) is 45.2 Å². The highest BCUT2D eigenvalue weighted by atomic mass is 16.2. The Bertz CT molecular complexity index is 409. The molecule has 1 aromatic rings. The van der Waals surface area contributed by atoms with E-state index in [1.165, 1.54) is 23.8 Å². The number of nitrogens with one attached hydrogen (secondary N) is 1. The molecule has 1 N–H and O–H groups in total. The minimum Gasteiger partial charge on any atom is -0.314 e. The Morgan fingerprint density at radius 1 is 1.53 bits per heavy atom. The third kappa shape index (κ3) is 2.77. The van der Waals surface area contributed by atoms with Gasteiger partial charge >= 0.3 is 5.69 Å². The first kappa shape index (κ1) is 12.4. The molecule has 0 bridgehead atoms. The summed E-state index contributed by atoms with van der Waals surface area (Å²) in [6.45, 7) is 3.93. The zero-order valence-electron chi connectivity index (χ0n) is 10.7. The second-order valence-corrected chi connectivity index (χ2v) is 4.89. The summed E-state index contributed by atoms with van der Waals surface area (Å²) >= 11 is 0. The molecule has 0 saturated heterocycles. The summed E-state index contributed by atoms with van der Waals surface area (Å²) in [6, 6.07) is 0.638. The van der Waals surface area contributed by atoms with Gasteiger partial charge in [-0.2, -0.15) is 5.10 Å². The minimum absolute atomic E-state index is 0.0111. The summed E-state index contributed by atoms with van der Waals surface area (Å²) in [6.07, 6.45) is 6.49. The predicted molar refractivity (Wildman–Crippen MR) is 66.9 cm³/mol. The van der Waals surface area contributed by atoms with Crippen LogP contribution in [-0.2, 0) is 13.6 Å². The molecule has 1 saturated carbocycles. The van der Waals surface area contributed by atoms with Crippen LogP contribution in [0.1, 0.15) is 32.6 Å². The van der Waals surface area contributed by atoms with Crippen molar-refractivity contribution < 1.29 is 0 Å². The van der Waals surface area contributed by atoms with E-state index >= 15 is 0 Å². The third-order valence-corrected chi connectivity index (χ3v) is 3.72. The molecule has 96 valence electrons. The first-order valence-corrected chi connectivity index (χ1v) is 6.54. The molecule has 5 heteroatoms. The zero-order chi connectivity index (χ0) is 12.3. The van der Waals surface area contributed by atoms with Gasteiger partial charge in [0.25, 0.3) is 0 Å². The van der Waals surface area contributed by atoms with Gasteiger partial charge in [-0.1, -0.05) is 13.3 Å². The molecule has 1 aliphatic rings. The van der Waals surface area contributed by atoms with Gasteiger partial charge < -0.3 is 5.32 Å². The lowest BCUT2D eigenvalue weighted by Gasteiger charge is -2.19. The van der Waals surface area contributed by atoms with Crippen molar-refractivity contribution in [3.63, 3.8) is 0 Å². The molecule has 2 atom stereocenters. The van der Waals surface area contributed by atoms with Crippen LogP contribution >= 0.6 is 0 Å². The van der Waals surface area contributed by atoms with E-state index in [2.05, 4.69) is 17.3 Å². The van der Waals surface area contributed by atoms with E-state index in [0.29, 0.717) is 12.0 Å². The Morgan fingerprint density at radius 3 is 3.00 bits per heavy atom. The molecule has 0 aromatic carbocycles. The molecule has 1 aromatic heterocycles. The maximum absolute atomic E-state index is 11.6. The maximum atomic E-state index is 11.6. The maximum Gasteiger partial charge on any atom is 0.345 e. The van der Waals surface area contributed by atoms with E-state index in [1.807, 2.05) is 0 Å². The Kier molecular flexibility index (Phi) is 3.99. The van der Waals surface area contributed by atoms with Crippen molar-refractivity contribution in [2.75, 3.05) is 6.54 Å². The minimum atomic E-state index is -0.0111. The molecule has 1 heterocycles. The van der Waals surface area contributed by atoms with Crippen LogP contribution in [0.2, 0.25) is 0 Å². The lowest BCUT2D eigenvalue weighted by Crippen LogP contribution is -2.33. The largest absolute Gasteiger partial charge is 0.345 e. The van der Waals surface area contributed by atoms with Crippen LogP contribution < -0.4 is 11.0 Å². The van der Waals surface area contributed by atoms with Crippen LogP contribution in [0.15, 0.2) is 11.1 Å². The summed E-state index contributed by atoms with van der Waals surface area (Å²) in [4.78, 5) is 11.6. The van der Waals surface area contributed by atoms with Gasteiger partial charge in [0.2, 0.25) is 0 Å². The van der Waals surface area contributed by atoms with Gasteiger partial charge in [0.15, 0.2) is 0 Å². The Morgan fingerprint density at radius 2 is 2.35 bits per heavy atom. The molecule has 2 rings (SSSR count). The van der Waals surface area contributed by atoms with Crippen LogP contribution in [0.5, 0.6) is 0 Å². The van der Waals surface area contributed by atoms with Crippen LogP contribution in [0.4, 0.5) is 0 Å². The number of aryl methyl sites for hydroxylation is 2. The quantitative estimate of drug-likeness (QED) is 0.823. The summed E-state index contributed by atoms with van der Waals surface area (Å²) in [5, 5.41) is 7.63. The Hall–Kier alpha value is -1.10. The van der Waals surface area contributed by atoms with Crippen molar-refractivity contribution >= 4 is 0 Å². The summed E-state index contributed by atoms with van der Waals surface area (Å²) in [5.41, 5.74) is -0.0111. The van der Waals surface area contributed by atoms with Gasteiger partial charge in [-0.05, 0) is 31.7 Å². The molecule has 0 radical (unpaired) electrons. The second kappa shape index (κ2) is 5.49. The second-order valence-electron chi connectivity index (χ2n) is 4.89. The molecule has 1 fully saturated rings. The Balaban J connectivity index is 1.89. The molecule has 2 unspecified atom stereocenters. The van der Waals surface area contributed by atoms with E-state index in [-0.39, 0.29) is 5.69 Å². The van der Waals surface area contributed by atoms with E-state index < -0.39 is 0 Å². The van der Waals surface area contributed by atoms with Gasteiger partial charge in [0.1, 0.15) is 6.33 Å². The van der Waals surface area contributed by atoms with Crippen molar-refractivity contribution in [2.24, 2.45) is 13.0 Å². The molecule has 5 nitrogen and oxygen atoms in total. The fourth-order valence-electron chi connectivity index (χ4n) is 2.78. The molecule has 0 amide bonds. The average molecular weight is 238 g/mol. The van der Waals surface area contributed by atoms with Crippen LogP contribution in [0.3, 0.4) is 0 Å². The van der Waals surface area contributed by atoms with Gasteiger partial charge in [0, 0.05) is 19.6 Å². The normalized spacial score (nSPS) is 24.4. The number of rotatable bonds is 5. The van der Waals surface area contributed by atoms with Gasteiger partial charge in [-0.15, -0.1) is 0 Å². The SMILES string of the molecule is CCNC1CCCC1CCn1ncn(C)c1=O. The summed E-state index contributed by atoms with van der Waals surface area (Å²) < 4.78 is 3.09. The standard InChI is InChI=1S/C12H22N4O/c1-3-13-11-6-4-5-10(11)7-8-16-12(17)15(2)9-14-16/h9-11,13H,3-8H2,1-2H3. The van der Waals surface area contributed by atoms with Crippen LogP contribution in [0, 0.1) is 5.92 Å². The molecule has 0 aliphatic heterocycles. The van der Waals surface area contributed by atoms with Crippen LogP contribution in [0.25, 0.3) is 0 Å². The number of nitrogens with zero attached hydrogens (tertiary/aromatic N) is 3. The van der Waals surface area contributed by atoms with Crippen molar-refractivity contribution in [3.8, 4) is 0 Å². The summed E-state index contributed by atoms with van der Waals surface area (Å²) in [5.74, 6) is 0.698. The highest BCUT2D eigenvalue weighted by molar-refractivity contribution is 4.82. The smallest absolute Gasteiger partial charge is 0.314 e. The monoisotopic (exact) mass is 238 g/mol. The molecule has 0 spiro atoms. The number of hydrogen-bond acceptors (Lipinski definition) is 3. The van der Waals surface area contributed by atoms with Crippen LogP contribution in [-0.4, -0.2) is 26.9 Å². The fraction of sp³-hybridized carbons (Fsp3) is 0.833. The molecular weight excluding hydrogens is 216 g/mol. The molecule has 1 aliphatic carbocycles. The zero-order valence-corrected chi connectivity index (χ0v) is 10.7.